The van der Waals surface area contributed by atoms with Gasteiger partial charge in [0.1, 0.15) is 0 Å². The first-order valence-corrected chi connectivity index (χ1v) is 8.37. The van der Waals surface area contributed by atoms with Crippen LogP contribution in [0.1, 0.15) is 37.3 Å². The Labute approximate surface area is 134 Å². The Hall–Kier alpha value is -2.30. The second-order valence-corrected chi connectivity index (χ2v) is 7.34. The van der Waals surface area contributed by atoms with Crippen molar-refractivity contribution in [2.24, 2.45) is 5.41 Å². The molecule has 0 atom stereocenters. The largest absolute Gasteiger partial charge is 0.373 e. The van der Waals surface area contributed by atoms with Crippen molar-refractivity contribution >= 4 is 10.8 Å². The molecular formula is C18H20N4O. The van der Waals surface area contributed by atoms with Gasteiger partial charge in [0.25, 0.3) is 5.56 Å². The molecule has 1 aromatic heterocycles. The zero-order valence-corrected chi connectivity index (χ0v) is 13.0. The van der Waals surface area contributed by atoms with Crippen LogP contribution in [0.5, 0.6) is 0 Å². The Balaban J connectivity index is 1.34. The topological polar surface area (TPSA) is 61.0 Å². The summed E-state index contributed by atoms with van der Waals surface area (Å²) in [5.74, 6) is 0.491. The van der Waals surface area contributed by atoms with Crippen molar-refractivity contribution < 1.29 is 0 Å². The number of rotatable bonds is 2. The van der Waals surface area contributed by atoms with Gasteiger partial charge in [-0.15, -0.1) is 0 Å². The third-order valence-corrected chi connectivity index (χ3v) is 5.94. The molecule has 2 fully saturated rings. The number of benzene rings is 1. The van der Waals surface area contributed by atoms with E-state index < -0.39 is 0 Å². The summed E-state index contributed by atoms with van der Waals surface area (Å²) in [5.41, 5.74) is 1.51. The summed E-state index contributed by atoms with van der Waals surface area (Å²) in [5, 5.41) is 12.1. The van der Waals surface area contributed by atoms with Gasteiger partial charge in [0.15, 0.2) is 0 Å². The van der Waals surface area contributed by atoms with Crippen LogP contribution in [0.15, 0.2) is 41.5 Å². The van der Waals surface area contributed by atoms with Crippen LogP contribution in [0, 0.1) is 5.41 Å². The van der Waals surface area contributed by atoms with Crippen molar-refractivity contribution in [2.75, 3.05) is 6.67 Å². The molecule has 5 heteroatoms. The SMILES string of the molecule is O=c1[nH]nc(C2CC3(C2)CC(N2C=CNC2)C3)c2ccccc12. The first-order valence-electron chi connectivity index (χ1n) is 8.37. The van der Waals surface area contributed by atoms with Gasteiger partial charge in [-0.05, 0) is 37.2 Å². The smallest absolute Gasteiger partial charge is 0.272 e. The molecule has 0 amide bonds. The van der Waals surface area contributed by atoms with Crippen molar-refractivity contribution in [3.05, 3.63) is 52.7 Å². The summed E-state index contributed by atoms with van der Waals surface area (Å²) < 4.78 is 0. The minimum Gasteiger partial charge on any atom is -0.373 e. The minimum atomic E-state index is -0.0876. The van der Waals surface area contributed by atoms with Crippen LogP contribution in [-0.4, -0.2) is 27.8 Å². The number of nitrogens with zero attached hydrogens (tertiary/aromatic N) is 2. The number of hydrogen-bond acceptors (Lipinski definition) is 4. The van der Waals surface area contributed by atoms with Crippen molar-refractivity contribution in [3.8, 4) is 0 Å². The van der Waals surface area contributed by atoms with Gasteiger partial charge in [-0.2, -0.15) is 5.10 Å². The van der Waals surface area contributed by atoms with Gasteiger partial charge in [0, 0.05) is 29.7 Å². The standard InChI is InChI=1S/C18H20N4O/c23-17-15-4-2-1-3-14(15)16(20-21-17)12-7-18(8-12)9-13(10-18)22-6-5-19-11-22/h1-6,12-13,19H,7-11H2,(H,21,23). The molecular weight excluding hydrogens is 288 g/mol. The van der Waals surface area contributed by atoms with Gasteiger partial charge in [-0.25, -0.2) is 5.10 Å². The van der Waals surface area contributed by atoms with E-state index in [1.54, 1.807) is 0 Å². The van der Waals surface area contributed by atoms with Crippen molar-refractivity contribution in [1.82, 2.24) is 20.4 Å². The van der Waals surface area contributed by atoms with Crippen LogP contribution in [-0.2, 0) is 0 Å². The molecule has 1 spiro atoms. The normalized spacial score (nSPS) is 31.9. The number of nitrogens with one attached hydrogen (secondary N) is 2. The summed E-state index contributed by atoms with van der Waals surface area (Å²) in [6.07, 6.45) is 9.19. The van der Waals surface area contributed by atoms with Crippen LogP contribution in [0.25, 0.3) is 10.8 Å². The van der Waals surface area contributed by atoms with Gasteiger partial charge in [0.05, 0.1) is 17.7 Å². The third-order valence-electron chi connectivity index (χ3n) is 5.94. The molecule has 23 heavy (non-hydrogen) atoms. The zero-order chi connectivity index (χ0) is 15.4. The van der Waals surface area contributed by atoms with E-state index >= 15 is 0 Å². The fourth-order valence-corrected chi connectivity index (χ4v) is 4.74. The van der Waals surface area contributed by atoms with Gasteiger partial charge in [-0.1, -0.05) is 18.2 Å². The molecule has 118 valence electrons. The Kier molecular flexibility index (Phi) is 2.63. The first-order chi connectivity index (χ1) is 11.2. The summed E-state index contributed by atoms with van der Waals surface area (Å²) in [4.78, 5) is 14.3. The van der Waals surface area contributed by atoms with E-state index in [4.69, 9.17) is 0 Å². The number of H-pyrrole nitrogens is 1. The highest BCUT2D eigenvalue weighted by atomic mass is 16.1. The molecule has 5 rings (SSSR count). The molecule has 1 aromatic carbocycles. The van der Waals surface area contributed by atoms with Gasteiger partial charge in [-0.3, -0.25) is 4.79 Å². The Bertz CT molecular complexity index is 841. The van der Waals surface area contributed by atoms with Crippen molar-refractivity contribution in [2.45, 2.75) is 37.6 Å². The Morgan fingerprint density at radius 1 is 1.13 bits per heavy atom. The van der Waals surface area contributed by atoms with E-state index in [1.807, 2.05) is 30.5 Å². The third kappa shape index (κ3) is 1.92. The molecule has 2 heterocycles. The lowest BCUT2D eigenvalue weighted by Gasteiger charge is -2.59. The average molecular weight is 308 g/mol. The van der Waals surface area contributed by atoms with Crippen LogP contribution >= 0.6 is 0 Å². The van der Waals surface area contributed by atoms with Crippen LogP contribution < -0.4 is 10.9 Å². The molecule has 0 saturated heterocycles. The molecule has 2 aliphatic carbocycles. The fourth-order valence-electron chi connectivity index (χ4n) is 4.74. The maximum atomic E-state index is 11.9. The molecule has 3 aliphatic rings. The second kappa shape index (κ2) is 4.60. The highest BCUT2D eigenvalue weighted by molar-refractivity contribution is 5.83. The summed E-state index contributed by atoms with van der Waals surface area (Å²) >= 11 is 0. The molecule has 1 aliphatic heterocycles. The highest BCUT2D eigenvalue weighted by Gasteiger charge is 2.55. The van der Waals surface area contributed by atoms with Crippen LogP contribution in [0.2, 0.25) is 0 Å². The van der Waals surface area contributed by atoms with Crippen molar-refractivity contribution in [3.63, 3.8) is 0 Å². The van der Waals surface area contributed by atoms with E-state index in [2.05, 4.69) is 26.6 Å². The molecule has 2 N–H and O–H groups in total. The lowest BCUT2D eigenvalue weighted by Crippen LogP contribution is -2.54. The Morgan fingerprint density at radius 2 is 1.91 bits per heavy atom. The van der Waals surface area contributed by atoms with Crippen molar-refractivity contribution in [1.29, 1.82) is 0 Å². The predicted molar refractivity (Wildman–Crippen MR) is 88.8 cm³/mol. The number of hydrogen-bond donors (Lipinski definition) is 2. The molecule has 2 aromatic rings. The average Bonchev–Trinajstić information content (AvgIpc) is 3.01. The lowest BCUT2D eigenvalue weighted by molar-refractivity contribution is -0.0537. The van der Waals surface area contributed by atoms with Crippen LogP contribution in [0.3, 0.4) is 0 Å². The first kappa shape index (κ1) is 13.2. The van der Waals surface area contributed by atoms with Gasteiger partial charge >= 0.3 is 0 Å². The number of fused-ring (bicyclic) bond motifs is 1. The maximum absolute atomic E-state index is 11.9. The molecule has 0 radical (unpaired) electrons. The maximum Gasteiger partial charge on any atom is 0.272 e. The fraction of sp³-hybridized carbons (Fsp3) is 0.444. The van der Waals surface area contributed by atoms with Gasteiger partial charge < -0.3 is 10.2 Å². The second-order valence-electron chi connectivity index (χ2n) is 7.34. The molecule has 0 unspecified atom stereocenters. The van der Waals surface area contributed by atoms with E-state index in [0.29, 0.717) is 17.4 Å². The summed E-state index contributed by atoms with van der Waals surface area (Å²) in [7, 11) is 0. The van der Waals surface area contributed by atoms with E-state index in [1.165, 1.54) is 25.7 Å². The van der Waals surface area contributed by atoms with Gasteiger partial charge in [0.2, 0.25) is 0 Å². The lowest BCUT2D eigenvalue weighted by atomic mass is 9.49. The monoisotopic (exact) mass is 308 g/mol. The quantitative estimate of drug-likeness (QED) is 0.893. The van der Waals surface area contributed by atoms with Crippen LogP contribution in [0.4, 0.5) is 0 Å². The summed E-state index contributed by atoms with van der Waals surface area (Å²) in [6, 6.07) is 8.52. The van der Waals surface area contributed by atoms with E-state index in [9.17, 15) is 4.79 Å². The Morgan fingerprint density at radius 3 is 2.65 bits per heavy atom. The number of aromatic nitrogens is 2. The predicted octanol–water partition coefficient (Wildman–Crippen LogP) is 2.28. The molecule has 0 bridgehead atoms. The minimum absolute atomic E-state index is 0.0876. The highest BCUT2D eigenvalue weighted by Crippen LogP contribution is 2.63. The van der Waals surface area contributed by atoms with E-state index in [-0.39, 0.29) is 5.56 Å². The molecule has 5 nitrogen and oxygen atoms in total. The zero-order valence-electron chi connectivity index (χ0n) is 13.0. The summed E-state index contributed by atoms with van der Waals surface area (Å²) in [6.45, 7) is 0.955. The number of aromatic amines is 1. The molecule has 2 saturated carbocycles. The van der Waals surface area contributed by atoms with E-state index in [0.717, 1.165) is 23.1 Å².